The topological polar surface area (TPSA) is 73.9 Å². The molecule has 23 heavy (non-hydrogen) atoms. The fourth-order valence-electron chi connectivity index (χ4n) is 1.73. The Morgan fingerprint density at radius 1 is 1.43 bits per heavy atom. The third-order valence-electron chi connectivity index (χ3n) is 2.75. The molecule has 0 unspecified atom stereocenters. The quantitative estimate of drug-likeness (QED) is 0.310. The third kappa shape index (κ3) is 4.58. The second-order valence-corrected chi connectivity index (χ2v) is 7.13. The van der Waals surface area contributed by atoms with Crippen molar-refractivity contribution in [2.75, 3.05) is 20.8 Å². The minimum Gasteiger partial charge on any atom is -0.493 e. The minimum atomic E-state index is -0.485. The van der Waals surface area contributed by atoms with Crippen LogP contribution >= 0.6 is 46.6 Å². The predicted octanol–water partition coefficient (Wildman–Crippen LogP) is 2.34. The summed E-state index contributed by atoms with van der Waals surface area (Å²) in [7, 11) is 2.79. The minimum absolute atomic E-state index is 0.212. The van der Waals surface area contributed by atoms with Crippen LogP contribution in [-0.4, -0.2) is 37.0 Å². The highest BCUT2D eigenvalue weighted by molar-refractivity contribution is 14.1. The molecule has 1 aliphatic heterocycles. The van der Waals surface area contributed by atoms with Gasteiger partial charge in [0.1, 0.15) is 4.32 Å². The van der Waals surface area contributed by atoms with Crippen LogP contribution in [0.15, 0.2) is 17.0 Å². The molecular weight excluding hydrogens is 453 g/mol. The van der Waals surface area contributed by atoms with Crippen molar-refractivity contribution < 1.29 is 23.8 Å². The molecule has 1 aliphatic rings. The molecule has 2 rings (SSSR count). The van der Waals surface area contributed by atoms with E-state index in [0.717, 1.165) is 9.13 Å². The number of halogens is 1. The van der Waals surface area contributed by atoms with Crippen molar-refractivity contribution >= 4 is 68.8 Å². The van der Waals surface area contributed by atoms with Gasteiger partial charge < -0.3 is 19.5 Å². The van der Waals surface area contributed by atoms with Gasteiger partial charge in [0, 0.05) is 0 Å². The number of ether oxygens (including phenoxy) is 3. The van der Waals surface area contributed by atoms with E-state index >= 15 is 0 Å². The first kappa shape index (κ1) is 18.0. The number of methoxy groups -OCH3 is 2. The Bertz CT molecular complexity index is 705. The van der Waals surface area contributed by atoms with E-state index in [-0.39, 0.29) is 12.5 Å². The number of nitrogens with one attached hydrogen (secondary N) is 1. The Labute approximate surface area is 156 Å². The number of carbonyl (C=O) groups is 2. The number of amides is 1. The average molecular weight is 465 g/mol. The van der Waals surface area contributed by atoms with E-state index in [1.165, 1.54) is 26.0 Å². The Kier molecular flexibility index (Phi) is 6.25. The summed E-state index contributed by atoms with van der Waals surface area (Å²) in [6.45, 7) is -0.212. The second-order valence-electron chi connectivity index (χ2n) is 4.25. The summed E-state index contributed by atoms with van der Waals surface area (Å²) in [5.41, 5.74) is 0.763. The molecule has 0 bridgehead atoms. The van der Waals surface area contributed by atoms with Gasteiger partial charge in [0.15, 0.2) is 18.1 Å². The highest BCUT2D eigenvalue weighted by Gasteiger charge is 2.22. The van der Waals surface area contributed by atoms with E-state index in [0.29, 0.717) is 20.7 Å². The molecule has 122 valence electrons. The smallest absolute Gasteiger partial charge is 0.343 e. The molecule has 0 radical (unpaired) electrons. The lowest BCUT2D eigenvalue weighted by atomic mass is 10.2. The van der Waals surface area contributed by atoms with Crippen molar-refractivity contribution in [1.82, 2.24) is 5.32 Å². The van der Waals surface area contributed by atoms with Crippen LogP contribution in [-0.2, 0) is 14.3 Å². The van der Waals surface area contributed by atoms with Gasteiger partial charge in [-0.1, -0.05) is 24.0 Å². The number of esters is 1. The molecule has 1 fully saturated rings. The largest absolute Gasteiger partial charge is 0.493 e. The Balaban J connectivity index is 2.29. The maximum Gasteiger partial charge on any atom is 0.343 e. The average Bonchev–Trinajstić information content (AvgIpc) is 2.82. The normalized spacial score (nSPS) is 15.5. The molecule has 1 saturated heterocycles. The van der Waals surface area contributed by atoms with Gasteiger partial charge in [-0.25, -0.2) is 4.79 Å². The molecule has 1 amide bonds. The molecule has 6 nitrogen and oxygen atoms in total. The summed E-state index contributed by atoms with van der Waals surface area (Å²) in [6, 6.07) is 3.54. The van der Waals surface area contributed by atoms with E-state index in [9.17, 15) is 9.59 Å². The fourth-order valence-corrected chi connectivity index (χ4v) is 3.55. The van der Waals surface area contributed by atoms with Crippen LogP contribution in [0.4, 0.5) is 0 Å². The molecule has 1 heterocycles. The van der Waals surface area contributed by atoms with Crippen LogP contribution in [0.5, 0.6) is 11.5 Å². The van der Waals surface area contributed by atoms with Crippen molar-refractivity contribution in [3.8, 4) is 11.5 Å². The highest BCUT2D eigenvalue weighted by atomic mass is 127. The zero-order valence-corrected chi connectivity index (χ0v) is 16.0. The SMILES string of the molecule is COC(=O)COc1c(I)cc(/C=C2/SC(=S)NC2=O)cc1OC. The summed E-state index contributed by atoms with van der Waals surface area (Å²) in [5.74, 6) is 0.194. The van der Waals surface area contributed by atoms with Gasteiger partial charge in [-0.05, 0) is 46.4 Å². The monoisotopic (exact) mass is 465 g/mol. The first-order valence-corrected chi connectivity index (χ1v) is 8.57. The van der Waals surface area contributed by atoms with Crippen molar-refractivity contribution in [1.29, 1.82) is 0 Å². The lowest BCUT2D eigenvalue weighted by Crippen LogP contribution is -2.17. The number of hydrogen-bond donors (Lipinski definition) is 1. The van der Waals surface area contributed by atoms with Crippen LogP contribution in [0.25, 0.3) is 6.08 Å². The van der Waals surface area contributed by atoms with Gasteiger partial charge >= 0.3 is 5.97 Å². The van der Waals surface area contributed by atoms with Gasteiger partial charge in [-0.15, -0.1) is 0 Å². The van der Waals surface area contributed by atoms with Crippen LogP contribution in [0.3, 0.4) is 0 Å². The van der Waals surface area contributed by atoms with E-state index in [2.05, 4.69) is 32.6 Å². The summed E-state index contributed by atoms with van der Waals surface area (Å²) in [4.78, 5) is 23.4. The first-order valence-electron chi connectivity index (χ1n) is 6.26. The Morgan fingerprint density at radius 3 is 2.74 bits per heavy atom. The molecule has 1 aromatic carbocycles. The molecule has 0 aromatic heterocycles. The van der Waals surface area contributed by atoms with Crippen molar-refractivity contribution in [2.45, 2.75) is 0 Å². The molecule has 1 aromatic rings. The van der Waals surface area contributed by atoms with Gasteiger partial charge in [0.05, 0.1) is 22.7 Å². The maximum absolute atomic E-state index is 11.7. The van der Waals surface area contributed by atoms with Crippen LogP contribution < -0.4 is 14.8 Å². The van der Waals surface area contributed by atoms with E-state index in [1.807, 2.05) is 6.07 Å². The lowest BCUT2D eigenvalue weighted by Gasteiger charge is -2.13. The van der Waals surface area contributed by atoms with E-state index in [1.54, 1.807) is 12.1 Å². The lowest BCUT2D eigenvalue weighted by molar-refractivity contribution is -0.142. The summed E-state index contributed by atoms with van der Waals surface area (Å²) in [5, 5.41) is 2.56. The Hall–Kier alpha value is -1.33. The standard InChI is InChI=1S/C14H12INO5S2/c1-19-9-4-7(5-10-13(18)16-14(22)23-10)3-8(15)12(9)21-6-11(17)20-2/h3-5H,6H2,1-2H3,(H,16,18,22)/b10-5+. The molecular formula is C14H12INO5S2. The fraction of sp³-hybridized carbons (Fsp3) is 0.214. The molecule has 0 spiro atoms. The summed E-state index contributed by atoms with van der Waals surface area (Å²) >= 11 is 8.23. The predicted molar refractivity (Wildman–Crippen MR) is 99.5 cm³/mol. The van der Waals surface area contributed by atoms with Gasteiger partial charge in [-0.3, -0.25) is 4.79 Å². The van der Waals surface area contributed by atoms with E-state index < -0.39 is 5.97 Å². The third-order valence-corrected chi connectivity index (χ3v) is 4.72. The van der Waals surface area contributed by atoms with Crippen molar-refractivity contribution in [2.24, 2.45) is 0 Å². The number of hydrogen-bond acceptors (Lipinski definition) is 7. The second kappa shape index (κ2) is 7.97. The molecule has 0 aliphatic carbocycles. The first-order chi connectivity index (χ1) is 10.9. The van der Waals surface area contributed by atoms with Crippen LogP contribution in [0.1, 0.15) is 5.56 Å². The van der Waals surface area contributed by atoms with E-state index in [4.69, 9.17) is 21.7 Å². The molecule has 0 atom stereocenters. The molecule has 9 heteroatoms. The number of benzene rings is 1. The van der Waals surface area contributed by atoms with Crippen molar-refractivity contribution in [3.05, 3.63) is 26.2 Å². The number of rotatable bonds is 5. The Morgan fingerprint density at radius 2 is 2.17 bits per heavy atom. The van der Waals surface area contributed by atoms with Crippen LogP contribution in [0.2, 0.25) is 0 Å². The van der Waals surface area contributed by atoms with Crippen LogP contribution in [0, 0.1) is 3.57 Å². The maximum atomic E-state index is 11.7. The highest BCUT2D eigenvalue weighted by Crippen LogP contribution is 2.35. The zero-order chi connectivity index (χ0) is 17.0. The zero-order valence-electron chi connectivity index (χ0n) is 12.2. The van der Waals surface area contributed by atoms with Gasteiger partial charge in [-0.2, -0.15) is 0 Å². The van der Waals surface area contributed by atoms with Crippen molar-refractivity contribution in [3.63, 3.8) is 0 Å². The number of thiocarbonyl (C=S) groups is 1. The molecule has 1 N–H and O–H groups in total. The number of carbonyl (C=O) groups excluding carboxylic acids is 2. The number of thioether (sulfide) groups is 1. The van der Waals surface area contributed by atoms with Gasteiger partial charge in [0.25, 0.3) is 5.91 Å². The summed E-state index contributed by atoms with van der Waals surface area (Å²) < 4.78 is 16.5. The molecule has 0 saturated carbocycles. The summed E-state index contributed by atoms with van der Waals surface area (Å²) in [6.07, 6.45) is 1.72. The van der Waals surface area contributed by atoms with Gasteiger partial charge in [0.2, 0.25) is 0 Å².